The quantitative estimate of drug-likeness (QED) is 0.577. The van der Waals surface area contributed by atoms with Crippen molar-refractivity contribution in [3.05, 3.63) is 23.8 Å². The first-order chi connectivity index (χ1) is 7.02. The molecule has 0 N–H and O–H groups in total. The minimum atomic E-state index is -4.34. The molecule has 1 aromatic carbocycles. The SMILES string of the molecule is COc1ccc(N2CS2)c(C(F)(F)F)c1. The van der Waals surface area contributed by atoms with Gasteiger partial charge in [-0.25, -0.2) is 0 Å². The average molecular weight is 235 g/mol. The lowest BCUT2D eigenvalue weighted by Crippen LogP contribution is -2.09. The molecule has 1 fully saturated rings. The fourth-order valence-corrected chi connectivity index (χ4v) is 1.75. The molecule has 15 heavy (non-hydrogen) atoms. The maximum atomic E-state index is 12.7. The van der Waals surface area contributed by atoms with E-state index in [-0.39, 0.29) is 11.4 Å². The van der Waals surface area contributed by atoms with Crippen LogP contribution in [-0.4, -0.2) is 13.0 Å². The van der Waals surface area contributed by atoms with Crippen molar-refractivity contribution in [2.45, 2.75) is 6.18 Å². The van der Waals surface area contributed by atoms with Gasteiger partial charge in [0.1, 0.15) is 5.75 Å². The molecule has 0 aliphatic carbocycles. The molecule has 6 heteroatoms. The largest absolute Gasteiger partial charge is 0.497 e. The maximum absolute atomic E-state index is 12.7. The second kappa shape index (κ2) is 3.52. The van der Waals surface area contributed by atoms with Gasteiger partial charge < -0.3 is 9.04 Å². The first-order valence-electron chi connectivity index (χ1n) is 4.18. The van der Waals surface area contributed by atoms with E-state index < -0.39 is 11.7 Å². The molecule has 0 spiro atoms. The van der Waals surface area contributed by atoms with Crippen LogP contribution in [0.2, 0.25) is 0 Å². The summed E-state index contributed by atoms with van der Waals surface area (Å²) in [7, 11) is 1.35. The fraction of sp³-hybridized carbons (Fsp3) is 0.333. The van der Waals surface area contributed by atoms with E-state index in [1.165, 1.54) is 31.2 Å². The summed E-state index contributed by atoms with van der Waals surface area (Å²) >= 11 is 1.36. The molecule has 2 nitrogen and oxygen atoms in total. The van der Waals surface area contributed by atoms with E-state index in [1.54, 1.807) is 4.31 Å². The number of hydrogen-bond donors (Lipinski definition) is 0. The van der Waals surface area contributed by atoms with E-state index in [1.807, 2.05) is 0 Å². The van der Waals surface area contributed by atoms with Gasteiger partial charge >= 0.3 is 6.18 Å². The van der Waals surface area contributed by atoms with Crippen LogP contribution >= 0.6 is 11.9 Å². The summed E-state index contributed by atoms with van der Waals surface area (Å²) in [5.41, 5.74) is -0.444. The van der Waals surface area contributed by atoms with E-state index in [0.29, 0.717) is 5.88 Å². The Morgan fingerprint density at radius 1 is 1.40 bits per heavy atom. The molecule has 0 radical (unpaired) electrons. The van der Waals surface area contributed by atoms with Crippen molar-refractivity contribution >= 4 is 17.6 Å². The highest BCUT2D eigenvalue weighted by molar-refractivity contribution is 8.07. The third-order valence-electron chi connectivity index (χ3n) is 2.04. The highest BCUT2D eigenvalue weighted by atomic mass is 32.2. The summed E-state index contributed by atoms with van der Waals surface area (Å²) in [6.07, 6.45) is -4.34. The van der Waals surface area contributed by atoms with Crippen LogP contribution in [-0.2, 0) is 6.18 Å². The lowest BCUT2D eigenvalue weighted by Gasteiger charge is -2.13. The van der Waals surface area contributed by atoms with Gasteiger partial charge in [0, 0.05) is 0 Å². The van der Waals surface area contributed by atoms with Gasteiger partial charge in [-0.3, -0.25) is 0 Å². The number of alkyl halides is 3. The summed E-state index contributed by atoms with van der Waals surface area (Å²) in [6.45, 7) is 0. The van der Waals surface area contributed by atoms with Gasteiger partial charge in [-0.15, -0.1) is 0 Å². The number of benzene rings is 1. The number of hydrogen-bond acceptors (Lipinski definition) is 3. The third kappa shape index (κ3) is 2.14. The standard InChI is InChI=1S/C9H8F3NOS/c1-14-6-2-3-8(13-5-15-13)7(4-6)9(10,11)12/h2-4H,5H2,1H3. The van der Waals surface area contributed by atoms with Crippen molar-refractivity contribution in [2.24, 2.45) is 0 Å². The molecule has 0 amide bonds. The molecule has 0 unspecified atom stereocenters. The molecule has 0 bridgehead atoms. The third-order valence-corrected chi connectivity index (χ3v) is 2.75. The Hall–Kier alpha value is -1.04. The van der Waals surface area contributed by atoms with Gasteiger partial charge in [0.15, 0.2) is 0 Å². The van der Waals surface area contributed by atoms with Crippen molar-refractivity contribution in [1.82, 2.24) is 0 Å². The average Bonchev–Trinajstić information content (AvgIpc) is 2.99. The monoisotopic (exact) mass is 235 g/mol. The van der Waals surface area contributed by atoms with Gasteiger partial charge in [0.2, 0.25) is 0 Å². The van der Waals surface area contributed by atoms with Gasteiger partial charge in [-0.05, 0) is 30.1 Å². The van der Waals surface area contributed by atoms with Crippen molar-refractivity contribution in [2.75, 3.05) is 17.3 Å². The second-order valence-corrected chi connectivity index (χ2v) is 3.97. The number of anilines is 1. The van der Waals surface area contributed by atoms with Crippen LogP contribution < -0.4 is 9.04 Å². The van der Waals surface area contributed by atoms with Crippen LogP contribution in [0, 0.1) is 0 Å². The Labute approximate surface area is 89.1 Å². The zero-order valence-corrected chi connectivity index (χ0v) is 8.65. The van der Waals surface area contributed by atoms with Crippen molar-refractivity contribution < 1.29 is 17.9 Å². The van der Waals surface area contributed by atoms with Crippen molar-refractivity contribution in [3.63, 3.8) is 0 Å². The van der Waals surface area contributed by atoms with Gasteiger partial charge in [0.05, 0.1) is 24.2 Å². The van der Waals surface area contributed by atoms with Gasteiger partial charge in [0.25, 0.3) is 0 Å². The van der Waals surface area contributed by atoms with Crippen molar-refractivity contribution in [3.8, 4) is 5.75 Å². The van der Waals surface area contributed by atoms with Crippen LogP contribution in [0.5, 0.6) is 5.75 Å². The molecule has 2 rings (SSSR count). The molecule has 0 saturated carbocycles. The topological polar surface area (TPSA) is 12.2 Å². The molecule has 0 atom stereocenters. The molecule has 0 aromatic heterocycles. The Balaban J connectivity index is 2.45. The minimum Gasteiger partial charge on any atom is -0.497 e. The van der Waals surface area contributed by atoms with E-state index in [2.05, 4.69) is 0 Å². The number of nitrogens with zero attached hydrogens (tertiary/aromatic N) is 1. The second-order valence-electron chi connectivity index (χ2n) is 3.02. The number of rotatable bonds is 2. The summed E-state index contributed by atoms with van der Waals surface area (Å²) in [5, 5.41) is 0. The number of methoxy groups -OCH3 is 1. The van der Waals surface area contributed by atoms with Crippen LogP contribution in [0.4, 0.5) is 18.9 Å². The predicted molar refractivity (Wildman–Crippen MR) is 52.9 cm³/mol. The predicted octanol–water partition coefficient (Wildman–Crippen LogP) is 3.14. The molecule has 1 heterocycles. The van der Waals surface area contributed by atoms with Gasteiger partial charge in [-0.2, -0.15) is 13.2 Å². The van der Waals surface area contributed by atoms with E-state index in [0.717, 1.165) is 6.07 Å². The zero-order chi connectivity index (χ0) is 11.1. The fourth-order valence-electron chi connectivity index (χ4n) is 1.25. The molecule has 1 aliphatic heterocycles. The highest BCUT2D eigenvalue weighted by Crippen LogP contribution is 2.45. The molecule has 1 aromatic rings. The van der Waals surface area contributed by atoms with Crippen molar-refractivity contribution in [1.29, 1.82) is 0 Å². The first kappa shape index (κ1) is 10.5. The number of ether oxygens (including phenoxy) is 1. The summed E-state index contributed by atoms with van der Waals surface area (Å²) in [5.74, 6) is 0.827. The Morgan fingerprint density at radius 2 is 2.07 bits per heavy atom. The summed E-state index contributed by atoms with van der Waals surface area (Å²) in [6, 6.07) is 3.99. The molecular formula is C9H8F3NOS. The van der Waals surface area contributed by atoms with Crippen LogP contribution in [0.3, 0.4) is 0 Å². The van der Waals surface area contributed by atoms with Gasteiger partial charge in [-0.1, -0.05) is 0 Å². The van der Waals surface area contributed by atoms with Crippen LogP contribution in [0.1, 0.15) is 5.56 Å². The van der Waals surface area contributed by atoms with Crippen LogP contribution in [0.15, 0.2) is 18.2 Å². The van der Waals surface area contributed by atoms with E-state index in [9.17, 15) is 13.2 Å². The highest BCUT2D eigenvalue weighted by Gasteiger charge is 2.37. The lowest BCUT2D eigenvalue weighted by molar-refractivity contribution is -0.137. The van der Waals surface area contributed by atoms with Crippen LogP contribution in [0.25, 0.3) is 0 Å². The van der Waals surface area contributed by atoms with E-state index in [4.69, 9.17) is 4.74 Å². The maximum Gasteiger partial charge on any atom is 0.418 e. The molecule has 82 valence electrons. The molecule has 1 aliphatic rings. The first-order valence-corrected chi connectivity index (χ1v) is 5.12. The Kier molecular flexibility index (Phi) is 2.46. The molecule has 1 saturated heterocycles. The Morgan fingerprint density at radius 3 is 2.53 bits per heavy atom. The molecular weight excluding hydrogens is 227 g/mol. The smallest absolute Gasteiger partial charge is 0.418 e. The summed E-state index contributed by atoms with van der Waals surface area (Å²) in [4.78, 5) is 0. The zero-order valence-electron chi connectivity index (χ0n) is 7.84. The summed E-state index contributed by atoms with van der Waals surface area (Å²) < 4.78 is 44.3. The Bertz CT molecular complexity index is 376. The lowest BCUT2D eigenvalue weighted by atomic mass is 10.1. The normalized spacial score (nSPS) is 15.3. The number of halogens is 3. The minimum absolute atomic E-state index is 0.202. The van der Waals surface area contributed by atoms with E-state index >= 15 is 0 Å².